The van der Waals surface area contributed by atoms with Crippen LogP contribution in [0.2, 0.25) is 0 Å². The molecule has 0 saturated carbocycles. The second-order valence-corrected chi connectivity index (χ2v) is 7.20. The predicted molar refractivity (Wildman–Crippen MR) is 126 cm³/mol. The van der Waals surface area contributed by atoms with E-state index in [1.807, 2.05) is 6.92 Å². The number of pyridine rings is 1. The molecule has 2 heterocycles. The summed E-state index contributed by atoms with van der Waals surface area (Å²) in [6.07, 6.45) is 6.24. The van der Waals surface area contributed by atoms with Crippen LogP contribution in [-0.2, 0) is 0 Å². The Bertz CT molecular complexity index is 1500. The van der Waals surface area contributed by atoms with Gasteiger partial charge in [0.25, 0.3) is 5.69 Å². The third-order valence-corrected chi connectivity index (χ3v) is 4.94. The number of fused-ring (bicyclic) bond motifs is 1. The van der Waals surface area contributed by atoms with Crippen LogP contribution in [0.5, 0.6) is 11.5 Å². The number of anilines is 2. The highest BCUT2D eigenvalue weighted by Crippen LogP contribution is 2.33. The van der Waals surface area contributed by atoms with E-state index in [0.29, 0.717) is 27.9 Å². The molecule has 0 radical (unpaired) electrons. The van der Waals surface area contributed by atoms with Crippen LogP contribution in [0.25, 0.3) is 10.9 Å². The van der Waals surface area contributed by atoms with E-state index in [2.05, 4.69) is 20.3 Å². The molecule has 172 valence electrons. The molecule has 0 fully saturated rings. The Labute approximate surface area is 193 Å². The van der Waals surface area contributed by atoms with Crippen LogP contribution < -0.4 is 21.4 Å². The fourth-order valence-corrected chi connectivity index (χ4v) is 3.19. The van der Waals surface area contributed by atoms with Gasteiger partial charge in [-0.25, -0.2) is 19.4 Å². The molecule has 2 aromatic carbocycles. The van der Waals surface area contributed by atoms with E-state index in [-0.39, 0.29) is 22.8 Å². The first-order chi connectivity index (χ1) is 16.4. The van der Waals surface area contributed by atoms with Gasteiger partial charge in [-0.05, 0) is 38.1 Å². The van der Waals surface area contributed by atoms with Gasteiger partial charge in [-0.15, -0.1) is 0 Å². The Kier molecular flexibility index (Phi) is 6.17. The number of rotatable bonds is 6. The predicted octanol–water partition coefficient (Wildman–Crippen LogP) is 4.47. The SMILES string of the molecule is C/C=C/N=c1cc(Oc2ccc(Nc3ncnc4ccc([N+](=O)[O-])cc34)c(F)c2C)ccn1N. The number of nitrogens with one attached hydrogen (secondary N) is 1. The van der Waals surface area contributed by atoms with Gasteiger partial charge in [-0.3, -0.25) is 14.8 Å². The van der Waals surface area contributed by atoms with Crippen molar-refractivity contribution in [3.05, 3.63) is 94.2 Å². The van der Waals surface area contributed by atoms with Crippen molar-refractivity contribution in [1.29, 1.82) is 0 Å². The largest absolute Gasteiger partial charge is 0.457 e. The van der Waals surface area contributed by atoms with E-state index < -0.39 is 10.7 Å². The Balaban J connectivity index is 1.66. The normalized spacial score (nSPS) is 11.8. The summed E-state index contributed by atoms with van der Waals surface area (Å²) in [6, 6.07) is 10.6. The molecule has 34 heavy (non-hydrogen) atoms. The molecular weight excluding hydrogens is 441 g/mol. The minimum atomic E-state index is -0.557. The maximum atomic E-state index is 15.2. The van der Waals surface area contributed by atoms with Gasteiger partial charge in [0.15, 0.2) is 11.3 Å². The Hall–Kier alpha value is -4.80. The zero-order valence-corrected chi connectivity index (χ0v) is 18.3. The van der Waals surface area contributed by atoms with Gasteiger partial charge in [-0.2, -0.15) is 0 Å². The van der Waals surface area contributed by atoms with Crippen molar-refractivity contribution < 1.29 is 14.1 Å². The number of benzene rings is 2. The summed E-state index contributed by atoms with van der Waals surface area (Å²) < 4.78 is 22.4. The topological polar surface area (TPSA) is 133 Å². The summed E-state index contributed by atoms with van der Waals surface area (Å²) in [4.78, 5) is 23.1. The smallest absolute Gasteiger partial charge is 0.270 e. The van der Waals surface area contributed by atoms with Crippen molar-refractivity contribution in [1.82, 2.24) is 14.6 Å². The first kappa shape index (κ1) is 22.4. The fraction of sp³-hybridized carbons (Fsp3) is 0.0870. The molecule has 0 aliphatic carbocycles. The molecule has 0 unspecified atom stereocenters. The summed E-state index contributed by atoms with van der Waals surface area (Å²) in [5, 5.41) is 14.4. The number of halogens is 1. The van der Waals surface area contributed by atoms with Gasteiger partial charge >= 0.3 is 0 Å². The van der Waals surface area contributed by atoms with Crippen molar-refractivity contribution in [2.45, 2.75) is 13.8 Å². The second kappa shape index (κ2) is 9.36. The van der Waals surface area contributed by atoms with Gasteiger partial charge in [0, 0.05) is 41.5 Å². The lowest BCUT2D eigenvalue weighted by atomic mass is 10.1. The summed E-state index contributed by atoms with van der Waals surface area (Å²) in [6.45, 7) is 3.41. The molecule has 0 amide bonds. The fourth-order valence-electron chi connectivity index (χ4n) is 3.19. The highest BCUT2D eigenvalue weighted by atomic mass is 19.1. The van der Waals surface area contributed by atoms with Gasteiger partial charge in [-0.1, -0.05) is 6.08 Å². The standard InChI is InChI=1S/C23H20FN7O3/c1-3-9-26-21-12-16(8-10-30(21)25)34-20-7-6-19(22(24)14(20)2)29-23-17-11-15(31(32)33)4-5-18(17)27-13-28-23/h3-13H,25H2,1-2H3,(H,27,28,29)/b9-3+,26-21?. The van der Waals surface area contributed by atoms with Crippen molar-refractivity contribution in [2.75, 3.05) is 11.2 Å². The average Bonchev–Trinajstić information content (AvgIpc) is 2.83. The van der Waals surface area contributed by atoms with E-state index in [0.717, 1.165) is 0 Å². The van der Waals surface area contributed by atoms with Crippen LogP contribution in [0.15, 0.2) is 72.3 Å². The van der Waals surface area contributed by atoms with Crippen molar-refractivity contribution >= 4 is 28.1 Å². The lowest BCUT2D eigenvalue weighted by Gasteiger charge is -2.14. The van der Waals surface area contributed by atoms with Crippen molar-refractivity contribution in [3.63, 3.8) is 0 Å². The highest BCUT2D eigenvalue weighted by Gasteiger charge is 2.15. The van der Waals surface area contributed by atoms with Gasteiger partial charge in [0.1, 0.15) is 23.6 Å². The van der Waals surface area contributed by atoms with Crippen LogP contribution in [0.1, 0.15) is 12.5 Å². The molecule has 0 aliphatic rings. The molecule has 4 rings (SSSR count). The Morgan fingerprint density at radius 3 is 2.82 bits per heavy atom. The molecule has 3 N–H and O–H groups in total. The average molecular weight is 461 g/mol. The van der Waals surface area contributed by atoms with Crippen LogP contribution in [0, 0.1) is 22.9 Å². The Morgan fingerprint density at radius 1 is 1.24 bits per heavy atom. The molecule has 4 aromatic rings. The molecule has 0 aliphatic heterocycles. The van der Waals surface area contributed by atoms with E-state index in [1.54, 1.807) is 43.6 Å². The van der Waals surface area contributed by atoms with Crippen LogP contribution in [-0.4, -0.2) is 19.6 Å². The number of allylic oxidation sites excluding steroid dienone is 1. The number of nitro groups is 1. The van der Waals surface area contributed by atoms with Crippen LogP contribution in [0.4, 0.5) is 21.6 Å². The summed E-state index contributed by atoms with van der Waals surface area (Å²) in [5.41, 5.74) is 1.21. The minimum absolute atomic E-state index is 0.118. The number of ether oxygens (including phenoxy) is 1. The molecule has 11 heteroatoms. The number of hydrogen-bond donors (Lipinski definition) is 2. The maximum Gasteiger partial charge on any atom is 0.270 e. The second-order valence-electron chi connectivity index (χ2n) is 7.20. The summed E-state index contributed by atoms with van der Waals surface area (Å²) in [5.74, 6) is 6.27. The van der Waals surface area contributed by atoms with Crippen LogP contribution in [0.3, 0.4) is 0 Å². The van der Waals surface area contributed by atoms with Gasteiger partial charge in [0.2, 0.25) is 0 Å². The van der Waals surface area contributed by atoms with E-state index in [9.17, 15) is 10.1 Å². The summed E-state index contributed by atoms with van der Waals surface area (Å²) >= 11 is 0. The molecule has 0 spiro atoms. The monoisotopic (exact) mass is 461 g/mol. The molecular formula is C23H20FN7O3. The van der Waals surface area contributed by atoms with E-state index >= 15 is 4.39 Å². The third kappa shape index (κ3) is 4.53. The number of non-ortho nitro benzene ring substituents is 1. The first-order valence-electron chi connectivity index (χ1n) is 10.1. The van der Waals surface area contributed by atoms with Crippen LogP contribution >= 0.6 is 0 Å². The summed E-state index contributed by atoms with van der Waals surface area (Å²) in [7, 11) is 0. The molecule has 2 aromatic heterocycles. The number of hydrogen-bond acceptors (Lipinski definition) is 8. The lowest BCUT2D eigenvalue weighted by Crippen LogP contribution is -2.26. The van der Waals surface area contributed by atoms with Gasteiger partial charge < -0.3 is 15.9 Å². The zero-order chi connectivity index (χ0) is 24.2. The van der Waals surface area contributed by atoms with Crippen molar-refractivity contribution in [3.8, 4) is 11.5 Å². The molecule has 0 atom stereocenters. The highest BCUT2D eigenvalue weighted by molar-refractivity contribution is 5.92. The molecule has 10 nitrogen and oxygen atoms in total. The number of aromatic nitrogens is 3. The quantitative estimate of drug-likeness (QED) is 0.246. The zero-order valence-electron chi connectivity index (χ0n) is 18.3. The number of nitro benzene ring substituents is 1. The lowest BCUT2D eigenvalue weighted by molar-refractivity contribution is -0.384. The maximum absolute atomic E-state index is 15.2. The number of nitrogens with two attached hydrogens (primary N) is 1. The first-order valence-corrected chi connectivity index (χ1v) is 10.1. The third-order valence-electron chi connectivity index (χ3n) is 4.94. The van der Waals surface area contributed by atoms with E-state index in [4.69, 9.17) is 10.6 Å². The molecule has 0 bridgehead atoms. The molecule has 0 saturated heterocycles. The Morgan fingerprint density at radius 2 is 2.06 bits per heavy atom. The van der Waals surface area contributed by atoms with Gasteiger partial charge in [0.05, 0.1) is 16.1 Å². The minimum Gasteiger partial charge on any atom is -0.457 e. The van der Waals surface area contributed by atoms with Crippen molar-refractivity contribution in [2.24, 2.45) is 4.99 Å². The van der Waals surface area contributed by atoms with E-state index in [1.165, 1.54) is 35.3 Å². The number of nitrogens with zero attached hydrogens (tertiary/aromatic N) is 5. The number of nitrogen functional groups attached to an aromatic ring is 1.